The first-order valence-corrected chi connectivity index (χ1v) is 16.6. The number of hydrogen-bond donors (Lipinski definition) is 1. The molecule has 0 spiro atoms. The maximum Gasteiger partial charge on any atom is 0.264 e. The Morgan fingerprint density at radius 1 is 1.00 bits per heavy atom. The van der Waals surface area contributed by atoms with Crippen LogP contribution >= 0.6 is 0 Å². The number of benzene rings is 2. The number of carbonyl (C=O) groups is 1. The van der Waals surface area contributed by atoms with Crippen molar-refractivity contribution >= 4 is 22.8 Å². The van der Waals surface area contributed by atoms with E-state index in [1.165, 1.54) is 6.33 Å². The molecule has 0 saturated carbocycles. The Morgan fingerprint density at radius 3 is 2.42 bits per heavy atom. The summed E-state index contributed by atoms with van der Waals surface area (Å²) in [5, 5.41) is 15.9. The fraction of sp³-hybridized carbons (Fsp3) is 0.417. The number of piperazine rings is 1. The molecule has 12 nitrogen and oxygen atoms in total. The van der Waals surface area contributed by atoms with Gasteiger partial charge < -0.3 is 20.1 Å². The Kier molecular flexibility index (Phi) is 8.83. The first-order chi connectivity index (χ1) is 23.3. The highest BCUT2D eigenvalue weighted by Crippen LogP contribution is 2.35. The van der Waals surface area contributed by atoms with E-state index >= 15 is 0 Å². The molecule has 1 atom stereocenters. The lowest BCUT2D eigenvalue weighted by Gasteiger charge is -2.46. The molecule has 0 bridgehead atoms. The van der Waals surface area contributed by atoms with Crippen molar-refractivity contribution < 1.29 is 14.3 Å². The maximum absolute atomic E-state index is 13.9. The van der Waals surface area contributed by atoms with Crippen molar-refractivity contribution in [3.05, 3.63) is 72.6 Å². The third kappa shape index (κ3) is 6.36. The summed E-state index contributed by atoms with van der Waals surface area (Å²) in [5.74, 6) is 1.55. The van der Waals surface area contributed by atoms with Crippen molar-refractivity contribution in [3.8, 4) is 28.8 Å². The minimum Gasteiger partial charge on any atom is -0.457 e. The third-order valence-electron chi connectivity index (χ3n) is 9.77. The van der Waals surface area contributed by atoms with E-state index in [-0.39, 0.29) is 17.5 Å². The average Bonchev–Trinajstić information content (AvgIpc) is 3.48. The van der Waals surface area contributed by atoms with Crippen LogP contribution in [0.3, 0.4) is 0 Å². The van der Waals surface area contributed by atoms with Crippen LogP contribution in [0.25, 0.3) is 22.3 Å². The highest BCUT2D eigenvalue weighted by atomic mass is 16.5. The molecule has 3 saturated heterocycles. The monoisotopic (exact) mass is 647 g/mol. The van der Waals surface area contributed by atoms with Gasteiger partial charge in [-0.3, -0.25) is 14.6 Å². The van der Waals surface area contributed by atoms with Crippen LogP contribution in [0.2, 0.25) is 0 Å². The number of amides is 1. The fourth-order valence-corrected chi connectivity index (χ4v) is 6.95. The van der Waals surface area contributed by atoms with Crippen molar-refractivity contribution in [3.63, 3.8) is 0 Å². The molecule has 0 aliphatic carbocycles. The molecule has 7 rings (SSSR count). The van der Waals surface area contributed by atoms with Crippen molar-refractivity contribution in [1.29, 1.82) is 5.26 Å². The van der Waals surface area contributed by atoms with Crippen LogP contribution in [0.1, 0.15) is 32.7 Å². The summed E-state index contributed by atoms with van der Waals surface area (Å²) in [7, 11) is 0. The lowest BCUT2D eigenvalue weighted by molar-refractivity contribution is -0.128. The first kappa shape index (κ1) is 31.8. The Bertz CT molecular complexity index is 1840. The molecule has 48 heavy (non-hydrogen) atoms. The number of fused-ring (bicyclic) bond motifs is 1. The van der Waals surface area contributed by atoms with Gasteiger partial charge in [0.2, 0.25) is 0 Å². The second-order valence-electron chi connectivity index (χ2n) is 13.3. The summed E-state index contributed by atoms with van der Waals surface area (Å²) in [4.78, 5) is 29.3. The van der Waals surface area contributed by atoms with E-state index in [1.54, 1.807) is 4.90 Å². The number of nitrogens with two attached hydrogens (primary N) is 1. The van der Waals surface area contributed by atoms with Crippen LogP contribution in [-0.4, -0.2) is 104 Å². The smallest absolute Gasteiger partial charge is 0.264 e. The van der Waals surface area contributed by atoms with Gasteiger partial charge in [0.1, 0.15) is 41.0 Å². The standard InChI is InChI=1S/C36H41N9O3/c1-36(2,44-17-15-42(16-18-44)28-22-47-23-28)19-26(20-37)35(46)43-14-6-7-27(21-43)45-34-31(33(38)39-24-40-34)32(41-45)25-10-12-30(13-11-25)48-29-8-4-3-5-9-29/h3-5,8-13,19,24,27-28H,6-7,14-18,21-23H2,1-2H3,(H2,38,39,40)/b26-19-/t27-/m1/s1. The Hall–Kier alpha value is -4.83. The van der Waals surface area contributed by atoms with Crippen molar-refractivity contribution in [2.24, 2.45) is 0 Å². The lowest BCUT2D eigenvalue weighted by Crippen LogP contribution is -2.59. The Morgan fingerprint density at radius 2 is 1.73 bits per heavy atom. The highest BCUT2D eigenvalue weighted by molar-refractivity contribution is 5.99. The van der Waals surface area contributed by atoms with Gasteiger partial charge in [-0.2, -0.15) is 10.4 Å². The largest absolute Gasteiger partial charge is 0.457 e. The number of likely N-dealkylation sites (tertiary alicyclic amines) is 1. The Balaban J connectivity index is 1.09. The molecule has 0 unspecified atom stereocenters. The zero-order valence-corrected chi connectivity index (χ0v) is 27.5. The molecule has 12 heteroatoms. The number of anilines is 1. The fourth-order valence-electron chi connectivity index (χ4n) is 6.95. The lowest BCUT2D eigenvalue weighted by atomic mass is 9.96. The highest BCUT2D eigenvalue weighted by Gasteiger charge is 2.35. The van der Waals surface area contributed by atoms with E-state index in [4.69, 9.17) is 20.3 Å². The van der Waals surface area contributed by atoms with Gasteiger partial charge in [-0.05, 0) is 69.2 Å². The minimum absolute atomic E-state index is 0.148. The van der Waals surface area contributed by atoms with Crippen LogP contribution < -0.4 is 10.5 Å². The molecule has 3 aliphatic heterocycles. The summed E-state index contributed by atoms with van der Waals surface area (Å²) >= 11 is 0. The van der Waals surface area contributed by atoms with E-state index in [1.807, 2.05) is 65.4 Å². The Labute approximate surface area is 280 Å². The van der Waals surface area contributed by atoms with Gasteiger partial charge in [0, 0.05) is 50.4 Å². The van der Waals surface area contributed by atoms with Crippen molar-refractivity contribution in [2.75, 3.05) is 58.2 Å². The van der Waals surface area contributed by atoms with Crippen LogP contribution in [0.5, 0.6) is 11.5 Å². The third-order valence-corrected chi connectivity index (χ3v) is 9.77. The number of nitrogen functional groups attached to an aromatic ring is 1. The number of aromatic nitrogens is 4. The summed E-state index contributed by atoms with van der Waals surface area (Å²) in [6, 6.07) is 19.9. The quantitative estimate of drug-likeness (QED) is 0.218. The molecular weight excluding hydrogens is 606 g/mol. The van der Waals surface area contributed by atoms with E-state index < -0.39 is 5.54 Å². The summed E-state index contributed by atoms with van der Waals surface area (Å²) in [5.41, 5.74) is 8.27. The number of carbonyl (C=O) groups excluding carboxylic acids is 1. The van der Waals surface area contributed by atoms with E-state index in [0.717, 1.165) is 63.5 Å². The molecule has 248 valence electrons. The van der Waals surface area contributed by atoms with E-state index in [2.05, 4.69) is 39.7 Å². The number of rotatable bonds is 8. The van der Waals surface area contributed by atoms with E-state index in [0.29, 0.717) is 47.4 Å². The summed E-state index contributed by atoms with van der Waals surface area (Å²) < 4.78 is 13.2. The second kappa shape index (κ2) is 13.4. The molecule has 2 aromatic heterocycles. The van der Waals surface area contributed by atoms with Gasteiger partial charge >= 0.3 is 0 Å². The minimum atomic E-state index is -0.443. The van der Waals surface area contributed by atoms with Crippen LogP contribution in [0.15, 0.2) is 72.6 Å². The molecule has 4 aromatic rings. The number of nitriles is 1. The maximum atomic E-state index is 13.9. The first-order valence-electron chi connectivity index (χ1n) is 16.6. The molecule has 5 heterocycles. The zero-order chi connectivity index (χ0) is 33.3. The van der Waals surface area contributed by atoms with Gasteiger partial charge in [-0.15, -0.1) is 0 Å². The molecule has 0 radical (unpaired) electrons. The van der Waals surface area contributed by atoms with Crippen LogP contribution in [0.4, 0.5) is 5.82 Å². The van der Waals surface area contributed by atoms with Gasteiger partial charge in [-0.25, -0.2) is 14.6 Å². The zero-order valence-electron chi connectivity index (χ0n) is 27.5. The number of hydrogen-bond acceptors (Lipinski definition) is 10. The summed E-state index contributed by atoms with van der Waals surface area (Å²) in [6.45, 7) is 10.4. The molecule has 2 aromatic carbocycles. The number of para-hydroxylation sites is 1. The SMILES string of the molecule is CC(C)(/C=C(/C#N)C(=O)N1CCC[C@@H](n2nc(-c3ccc(Oc4ccccc4)cc3)c3c(N)ncnc32)C1)N1CCN(C2COC2)CC1. The molecule has 3 fully saturated rings. The van der Waals surface area contributed by atoms with Crippen molar-refractivity contribution in [2.45, 2.75) is 44.3 Å². The van der Waals surface area contributed by atoms with Gasteiger partial charge in [0.25, 0.3) is 5.91 Å². The average molecular weight is 648 g/mol. The molecule has 1 amide bonds. The predicted molar refractivity (Wildman–Crippen MR) is 182 cm³/mol. The van der Waals surface area contributed by atoms with Gasteiger partial charge in [0.15, 0.2) is 5.65 Å². The van der Waals surface area contributed by atoms with Crippen LogP contribution in [0, 0.1) is 11.3 Å². The van der Waals surface area contributed by atoms with Crippen LogP contribution in [-0.2, 0) is 9.53 Å². The van der Waals surface area contributed by atoms with Gasteiger partial charge in [-0.1, -0.05) is 18.2 Å². The molecule has 2 N–H and O–H groups in total. The topological polar surface area (TPSA) is 139 Å². The van der Waals surface area contributed by atoms with Crippen molar-refractivity contribution in [1.82, 2.24) is 34.4 Å². The normalized spacial score (nSPS) is 20.0. The number of ether oxygens (including phenoxy) is 2. The van der Waals surface area contributed by atoms with Gasteiger partial charge in [0.05, 0.1) is 30.7 Å². The molecular formula is C36H41N9O3. The number of nitrogens with zero attached hydrogens (tertiary/aromatic N) is 8. The summed E-state index contributed by atoms with van der Waals surface area (Å²) in [6.07, 6.45) is 4.87. The van der Waals surface area contributed by atoms with E-state index in [9.17, 15) is 10.1 Å². The second-order valence-corrected chi connectivity index (χ2v) is 13.3. The molecule has 3 aliphatic rings. The number of piperidine rings is 1. The predicted octanol–water partition coefficient (Wildman–Crippen LogP) is 4.28.